The summed E-state index contributed by atoms with van der Waals surface area (Å²) in [4.78, 5) is 14.9. The van der Waals surface area contributed by atoms with Crippen molar-refractivity contribution in [3.63, 3.8) is 0 Å². The Morgan fingerprint density at radius 2 is 1.63 bits per heavy atom. The van der Waals surface area contributed by atoms with Crippen molar-refractivity contribution in [3.05, 3.63) is 54.1 Å². The standard InChI is InChI=1S/C30H41F3N2O9S2/c1-20(2)18-34(45(37,38)24-14-12-22(41-8)13-15-24)19-26-25(35(29(6,7)42-26)27(36)43-28(3,4)5)17-21-10-9-11-23(16-21)44-46(39,40)30(31,32)33/h9-16,20,25-26H,17-19H2,1-8H3/t25-,26-/m0/s1. The van der Waals surface area contributed by atoms with Gasteiger partial charge in [0.2, 0.25) is 10.0 Å². The number of carbonyl (C=O) groups excluding carboxylic acids is 1. The fraction of sp³-hybridized carbons (Fsp3) is 0.567. The molecule has 2 atom stereocenters. The van der Waals surface area contributed by atoms with Crippen LogP contribution in [0.2, 0.25) is 0 Å². The Kier molecular flexibility index (Phi) is 11.0. The SMILES string of the molecule is COc1ccc(S(=O)(=O)N(CC(C)C)C[C@@H]2OC(C)(C)N(C(=O)OC(C)(C)C)[C@H]2Cc2cccc(OS(=O)(=O)C(F)(F)F)c2)cc1. The molecule has 0 aromatic heterocycles. The average Bonchev–Trinajstić information content (AvgIpc) is 3.15. The van der Waals surface area contributed by atoms with Crippen LogP contribution in [0.15, 0.2) is 53.4 Å². The maximum absolute atomic E-state index is 13.9. The highest BCUT2D eigenvalue weighted by Gasteiger charge is 2.52. The normalized spacial score (nSPS) is 19.0. The Hall–Kier alpha value is -3.08. The second-order valence-corrected chi connectivity index (χ2v) is 16.2. The van der Waals surface area contributed by atoms with Crippen LogP contribution in [0.4, 0.5) is 18.0 Å². The lowest BCUT2D eigenvalue weighted by Gasteiger charge is -2.35. The van der Waals surface area contributed by atoms with Gasteiger partial charge in [-0.05, 0) is 88.9 Å². The van der Waals surface area contributed by atoms with Gasteiger partial charge in [0, 0.05) is 13.1 Å². The minimum absolute atomic E-state index is 0.0162. The van der Waals surface area contributed by atoms with Gasteiger partial charge in [-0.3, -0.25) is 4.90 Å². The van der Waals surface area contributed by atoms with E-state index in [1.807, 2.05) is 13.8 Å². The molecule has 1 saturated heterocycles. The number of amides is 1. The number of sulfonamides is 1. The van der Waals surface area contributed by atoms with E-state index in [9.17, 15) is 34.8 Å². The number of hydrogen-bond donors (Lipinski definition) is 0. The van der Waals surface area contributed by atoms with E-state index in [1.165, 1.54) is 52.7 Å². The van der Waals surface area contributed by atoms with E-state index in [-0.39, 0.29) is 30.3 Å². The number of ether oxygens (including phenoxy) is 3. The Morgan fingerprint density at radius 3 is 2.15 bits per heavy atom. The second-order valence-electron chi connectivity index (χ2n) is 12.7. The summed E-state index contributed by atoms with van der Waals surface area (Å²) in [6.07, 6.45) is -1.78. The number of rotatable bonds is 11. The number of halogens is 3. The molecular weight excluding hydrogens is 653 g/mol. The maximum Gasteiger partial charge on any atom is 0.534 e. The van der Waals surface area contributed by atoms with Crippen LogP contribution in [0.3, 0.4) is 0 Å². The van der Waals surface area contributed by atoms with Crippen LogP contribution in [0.1, 0.15) is 54.0 Å². The van der Waals surface area contributed by atoms with E-state index in [2.05, 4.69) is 4.18 Å². The topological polar surface area (TPSA) is 129 Å². The van der Waals surface area contributed by atoms with Crippen molar-refractivity contribution >= 4 is 26.2 Å². The van der Waals surface area contributed by atoms with E-state index in [0.717, 1.165) is 12.1 Å². The van der Waals surface area contributed by atoms with Crippen LogP contribution < -0.4 is 8.92 Å². The lowest BCUT2D eigenvalue weighted by atomic mass is 9.99. The minimum atomic E-state index is -5.93. The first-order valence-electron chi connectivity index (χ1n) is 14.4. The molecule has 46 heavy (non-hydrogen) atoms. The van der Waals surface area contributed by atoms with E-state index in [1.54, 1.807) is 34.6 Å². The fourth-order valence-corrected chi connectivity index (χ4v) is 7.10. The van der Waals surface area contributed by atoms with Crippen molar-refractivity contribution in [2.45, 2.75) is 88.8 Å². The quantitative estimate of drug-likeness (QED) is 0.220. The number of alkyl halides is 3. The molecule has 3 rings (SSSR count). The fourth-order valence-electron chi connectivity index (χ4n) is 5.03. The molecule has 1 fully saturated rings. The van der Waals surface area contributed by atoms with Crippen LogP contribution >= 0.6 is 0 Å². The number of hydrogen-bond acceptors (Lipinski definition) is 9. The molecular formula is C30H41F3N2O9S2. The van der Waals surface area contributed by atoms with Crippen molar-refractivity contribution in [1.82, 2.24) is 9.21 Å². The monoisotopic (exact) mass is 694 g/mol. The minimum Gasteiger partial charge on any atom is -0.497 e. The number of methoxy groups -OCH3 is 1. The molecule has 258 valence electrons. The zero-order valence-electron chi connectivity index (χ0n) is 27.0. The highest BCUT2D eigenvalue weighted by Crippen LogP contribution is 2.37. The second kappa shape index (κ2) is 13.6. The first-order chi connectivity index (χ1) is 21.0. The maximum atomic E-state index is 13.9. The third-order valence-corrected chi connectivity index (χ3v) is 9.68. The lowest BCUT2D eigenvalue weighted by Crippen LogP contribution is -2.52. The number of carbonyl (C=O) groups is 1. The molecule has 16 heteroatoms. The molecule has 1 aliphatic heterocycles. The molecule has 0 saturated carbocycles. The molecule has 0 aliphatic carbocycles. The molecule has 1 amide bonds. The van der Waals surface area contributed by atoms with Gasteiger partial charge >= 0.3 is 21.7 Å². The van der Waals surface area contributed by atoms with Gasteiger partial charge in [0.25, 0.3) is 0 Å². The third-order valence-electron chi connectivity index (χ3n) is 6.85. The summed E-state index contributed by atoms with van der Waals surface area (Å²) < 4.78 is 113. The Bertz CT molecular complexity index is 1590. The molecule has 0 bridgehead atoms. The first kappa shape index (κ1) is 37.4. The summed E-state index contributed by atoms with van der Waals surface area (Å²) in [5, 5.41) is 0. The number of nitrogens with zero attached hydrogens (tertiary/aromatic N) is 2. The Morgan fingerprint density at radius 1 is 1.02 bits per heavy atom. The molecule has 0 radical (unpaired) electrons. The molecule has 0 unspecified atom stereocenters. The summed E-state index contributed by atoms with van der Waals surface area (Å²) >= 11 is 0. The zero-order valence-corrected chi connectivity index (χ0v) is 28.6. The van der Waals surface area contributed by atoms with Crippen LogP contribution in [0.25, 0.3) is 0 Å². The highest BCUT2D eigenvalue weighted by atomic mass is 32.2. The molecule has 0 N–H and O–H groups in total. The van der Waals surface area contributed by atoms with Crippen molar-refractivity contribution in [1.29, 1.82) is 0 Å². The summed E-state index contributed by atoms with van der Waals surface area (Å²) in [5.74, 6) is -0.221. The van der Waals surface area contributed by atoms with Crippen LogP contribution in [-0.2, 0) is 36.0 Å². The van der Waals surface area contributed by atoms with E-state index >= 15 is 0 Å². The molecule has 2 aromatic carbocycles. The summed E-state index contributed by atoms with van der Waals surface area (Å²) in [5.41, 5.74) is -7.55. The molecule has 0 spiro atoms. The van der Waals surface area contributed by atoms with Gasteiger partial charge in [0.1, 0.15) is 22.8 Å². The number of benzene rings is 2. The van der Waals surface area contributed by atoms with Gasteiger partial charge in [0.15, 0.2) is 0 Å². The Labute approximate surface area is 268 Å². The summed E-state index contributed by atoms with van der Waals surface area (Å²) in [6.45, 7) is 11.9. The van der Waals surface area contributed by atoms with Gasteiger partial charge in [0.05, 0.1) is 24.2 Å². The van der Waals surface area contributed by atoms with Crippen LogP contribution in [0.5, 0.6) is 11.5 Å². The molecule has 1 heterocycles. The van der Waals surface area contributed by atoms with Crippen molar-refractivity contribution in [2.75, 3.05) is 20.2 Å². The highest BCUT2D eigenvalue weighted by molar-refractivity contribution is 7.89. The smallest absolute Gasteiger partial charge is 0.497 e. The molecule has 11 nitrogen and oxygen atoms in total. The van der Waals surface area contributed by atoms with Crippen molar-refractivity contribution in [3.8, 4) is 11.5 Å². The van der Waals surface area contributed by atoms with Crippen molar-refractivity contribution in [2.24, 2.45) is 5.92 Å². The molecule has 2 aromatic rings. The van der Waals surface area contributed by atoms with Crippen molar-refractivity contribution < 1.29 is 53.2 Å². The third kappa shape index (κ3) is 9.04. The van der Waals surface area contributed by atoms with Crippen LogP contribution in [0, 0.1) is 5.92 Å². The largest absolute Gasteiger partial charge is 0.534 e. The van der Waals surface area contributed by atoms with Crippen LogP contribution in [-0.4, -0.2) is 81.3 Å². The zero-order chi connectivity index (χ0) is 34.9. The van der Waals surface area contributed by atoms with E-state index < -0.39 is 61.0 Å². The van der Waals surface area contributed by atoms with E-state index in [4.69, 9.17) is 14.2 Å². The lowest BCUT2D eigenvalue weighted by molar-refractivity contribution is -0.0807. The predicted octanol–water partition coefficient (Wildman–Crippen LogP) is 5.55. The Balaban J connectivity index is 2.06. The van der Waals surface area contributed by atoms with E-state index in [0.29, 0.717) is 11.3 Å². The predicted molar refractivity (Wildman–Crippen MR) is 163 cm³/mol. The first-order valence-corrected chi connectivity index (χ1v) is 17.3. The van der Waals surface area contributed by atoms with Gasteiger partial charge in [-0.1, -0.05) is 26.0 Å². The van der Waals surface area contributed by atoms with Gasteiger partial charge in [-0.25, -0.2) is 13.2 Å². The molecule has 1 aliphatic rings. The summed E-state index contributed by atoms with van der Waals surface area (Å²) in [6, 6.07) is 9.98. The van der Waals surface area contributed by atoms with Gasteiger partial charge < -0.3 is 18.4 Å². The van der Waals surface area contributed by atoms with Gasteiger partial charge in [-0.2, -0.15) is 25.9 Å². The van der Waals surface area contributed by atoms with Gasteiger partial charge in [-0.15, -0.1) is 0 Å². The average molecular weight is 695 g/mol. The summed E-state index contributed by atoms with van der Waals surface area (Å²) in [7, 11) is -8.55.